The van der Waals surface area contributed by atoms with E-state index in [0.717, 1.165) is 34.7 Å². The topological polar surface area (TPSA) is 67.1 Å². The smallest absolute Gasteiger partial charge is 0.264 e. The van der Waals surface area contributed by atoms with Crippen LogP contribution in [0.1, 0.15) is 16.9 Å². The first-order valence-electron chi connectivity index (χ1n) is 8.98. The van der Waals surface area contributed by atoms with Crippen molar-refractivity contribution in [1.29, 1.82) is 0 Å². The summed E-state index contributed by atoms with van der Waals surface area (Å²) in [5.41, 5.74) is 3.11. The normalized spacial score (nSPS) is 20.2. The van der Waals surface area contributed by atoms with E-state index in [1.165, 1.54) is 17.3 Å². The van der Waals surface area contributed by atoms with Crippen molar-refractivity contribution in [2.45, 2.75) is 13.8 Å². The van der Waals surface area contributed by atoms with Crippen molar-refractivity contribution in [1.82, 2.24) is 5.32 Å². The summed E-state index contributed by atoms with van der Waals surface area (Å²) in [6, 6.07) is 7.93. The van der Waals surface area contributed by atoms with Gasteiger partial charge in [-0.2, -0.15) is 0 Å². The Labute approximate surface area is 176 Å². The number of ether oxygens (including phenoxy) is 1. The van der Waals surface area contributed by atoms with Gasteiger partial charge in [0.25, 0.3) is 5.91 Å². The molecule has 3 heterocycles. The summed E-state index contributed by atoms with van der Waals surface area (Å²) in [4.78, 5) is 19.6. The van der Waals surface area contributed by atoms with Crippen molar-refractivity contribution in [2.24, 2.45) is 4.99 Å². The number of nitrogens with zero attached hydrogens (tertiary/aromatic N) is 2. The Morgan fingerprint density at radius 1 is 1.25 bits per heavy atom. The van der Waals surface area contributed by atoms with E-state index >= 15 is 0 Å². The number of nitrogens with one attached hydrogen (secondary N) is 1. The fraction of sp³-hybridized carbons (Fsp3) is 0.300. The molecule has 0 spiro atoms. The van der Waals surface area contributed by atoms with E-state index in [1.807, 2.05) is 32.0 Å². The first-order valence-corrected chi connectivity index (χ1v) is 10.6. The molecule has 2 aliphatic heterocycles. The second-order valence-corrected chi connectivity index (χ2v) is 8.56. The first kappa shape index (κ1) is 19.3. The molecule has 0 radical (unpaired) electrons. The number of carbonyl (C=O) groups is 1. The number of morpholine rings is 1. The summed E-state index contributed by atoms with van der Waals surface area (Å²) in [5, 5.41) is 3.40. The van der Waals surface area contributed by atoms with Crippen LogP contribution >= 0.6 is 27.7 Å². The SMILES string of the molecule is Cc1ccc(N=C2NC(=O)/C(=C/c3cc(Br)c(N4CCOCC4)o3)S2)c(C)c1. The molecule has 0 atom stereocenters. The number of aryl methyl sites for hydroxylation is 2. The van der Waals surface area contributed by atoms with E-state index in [2.05, 4.69) is 37.2 Å². The van der Waals surface area contributed by atoms with E-state index in [-0.39, 0.29) is 5.91 Å². The van der Waals surface area contributed by atoms with Gasteiger partial charge in [-0.15, -0.1) is 0 Å². The van der Waals surface area contributed by atoms with Gasteiger partial charge >= 0.3 is 0 Å². The lowest BCUT2D eigenvalue weighted by Crippen LogP contribution is -2.36. The molecular formula is C20H20BrN3O3S. The van der Waals surface area contributed by atoms with Crippen molar-refractivity contribution in [3.8, 4) is 0 Å². The van der Waals surface area contributed by atoms with Gasteiger partial charge in [-0.05, 0) is 53.2 Å². The highest BCUT2D eigenvalue weighted by molar-refractivity contribution is 9.10. The molecular weight excluding hydrogens is 442 g/mol. The molecule has 1 aromatic heterocycles. The second kappa shape index (κ2) is 8.14. The van der Waals surface area contributed by atoms with E-state index in [4.69, 9.17) is 9.15 Å². The van der Waals surface area contributed by atoms with E-state index in [9.17, 15) is 4.79 Å². The van der Waals surface area contributed by atoms with E-state index < -0.39 is 0 Å². The Bertz CT molecular complexity index is 977. The van der Waals surface area contributed by atoms with Crippen LogP contribution in [0, 0.1) is 13.8 Å². The van der Waals surface area contributed by atoms with Crippen LogP contribution in [0.4, 0.5) is 11.6 Å². The second-order valence-electron chi connectivity index (χ2n) is 6.67. The average Bonchev–Trinajstić information content (AvgIpc) is 3.20. The number of carbonyl (C=O) groups excluding carboxylic acids is 1. The summed E-state index contributed by atoms with van der Waals surface area (Å²) in [6.07, 6.45) is 1.75. The van der Waals surface area contributed by atoms with Crippen LogP contribution in [0.2, 0.25) is 0 Å². The number of hydrogen-bond donors (Lipinski definition) is 1. The lowest BCUT2D eigenvalue weighted by atomic mass is 10.1. The highest BCUT2D eigenvalue weighted by Gasteiger charge is 2.25. The zero-order valence-corrected chi connectivity index (χ0v) is 18.0. The zero-order chi connectivity index (χ0) is 19.7. The minimum atomic E-state index is -0.172. The van der Waals surface area contributed by atoms with Crippen LogP contribution in [0.15, 0.2) is 43.1 Å². The molecule has 28 heavy (non-hydrogen) atoms. The third kappa shape index (κ3) is 4.19. The van der Waals surface area contributed by atoms with Gasteiger partial charge in [0, 0.05) is 25.2 Å². The summed E-state index contributed by atoms with van der Waals surface area (Å²) in [7, 11) is 0. The van der Waals surface area contributed by atoms with Gasteiger partial charge in [-0.1, -0.05) is 17.7 Å². The molecule has 2 saturated heterocycles. The number of rotatable bonds is 3. The summed E-state index contributed by atoms with van der Waals surface area (Å²) in [5.74, 6) is 1.22. The molecule has 2 aromatic rings. The maximum Gasteiger partial charge on any atom is 0.264 e. The number of thioether (sulfide) groups is 1. The molecule has 0 saturated carbocycles. The molecule has 2 fully saturated rings. The summed E-state index contributed by atoms with van der Waals surface area (Å²) >= 11 is 4.86. The number of halogens is 1. The van der Waals surface area contributed by atoms with Crippen LogP contribution in [0.25, 0.3) is 6.08 Å². The van der Waals surface area contributed by atoms with Crippen LogP contribution in [0.3, 0.4) is 0 Å². The standard InChI is InChI=1S/C20H20BrN3O3S/c1-12-3-4-16(13(2)9-12)22-20-23-18(25)17(28-20)11-14-10-15(21)19(27-14)24-5-7-26-8-6-24/h3-4,9-11H,5-8H2,1-2H3,(H,22,23,25)/b17-11-. The predicted octanol–water partition coefficient (Wildman–Crippen LogP) is 4.39. The fourth-order valence-corrected chi connectivity index (χ4v) is 4.45. The minimum absolute atomic E-state index is 0.172. The van der Waals surface area contributed by atoms with Crippen molar-refractivity contribution in [3.63, 3.8) is 0 Å². The predicted molar refractivity (Wildman–Crippen MR) is 116 cm³/mol. The highest BCUT2D eigenvalue weighted by Crippen LogP contribution is 2.34. The van der Waals surface area contributed by atoms with Crippen molar-refractivity contribution < 1.29 is 13.9 Å². The van der Waals surface area contributed by atoms with Gasteiger partial charge < -0.3 is 19.4 Å². The number of furan rings is 1. The molecule has 0 aliphatic carbocycles. The Hall–Kier alpha value is -2.03. The average molecular weight is 462 g/mol. The Morgan fingerprint density at radius 2 is 2.04 bits per heavy atom. The molecule has 0 unspecified atom stereocenters. The van der Waals surface area contributed by atoms with Crippen LogP contribution < -0.4 is 10.2 Å². The van der Waals surface area contributed by atoms with Gasteiger partial charge in [-0.25, -0.2) is 4.99 Å². The molecule has 2 aliphatic rings. The number of amidine groups is 1. The van der Waals surface area contributed by atoms with Gasteiger partial charge in [0.15, 0.2) is 5.17 Å². The zero-order valence-electron chi connectivity index (χ0n) is 15.6. The van der Waals surface area contributed by atoms with Gasteiger partial charge in [0.2, 0.25) is 5.88 Å². The fourth-order valence-electron chi connectivity index (χ4n) is 3.08. The Balaban J connectivity index is 1.54. The van der Waals surface area contributed by atoms with Gasteiger partial charge in [0.1, 0.15) is 5.76 Å². The van der Waals surface area contributed by atoms with E-state index in [0.29, 0.717) is 29.0 Å². The third-order valence-electron chi connectivity index (χ3n) is 4.48. The van der Waals surface area contributed by atoms with E-state index in [1.54, 1.807) is 6.08 Å². The molecule has 8 heteroatoms. The molecule has 1 amide bonds. The lowest BCUT2D eigenvalue weighted by Gasteiger charge is -2.26. The van der Waals surface area contributed by atoms with Crippen LogP contribution in [-0.2, 0) is 9.53 Å². The number of hydrogen-bond acceptors (Lipinski definition) is 6. The quantitative estimate of drug-likeness (QED) is 0.686. The van der Waals surface area contributed by atoms with Crippen LogP contribution in [-0.4, -0.2) is 37.4 Å². The number of benzene rings is 1. The Kier molecular flexibility index (Phi) is 5.61. The van der Waals surface area contributed by atoms with Crippen molar-refractivity contribution >= 4 is 56.4 Å². The molecule has 0 bridgehead atoms. The van der Waals surface area contributed by atoms with Crippen LogP contribution in [0.5, 0.6) is 0 Å². The minimum Gasteiger partial charge on any atom is -0.440 e. The first-order chi connectivity index (χ1) is 13.5. The summed E-state index contributed by atoms with van der Waals surface area (Å²) < 4.78 is 12.2. The molecule has 1 aromatic carbocycles. The number of amides is 1. The molecule has 6 nitrogen and oxygen atoms in total. The third-order valence-corrected chi connectivity index (χ3v) is 5.96. The number of anilines is 1. The molecule has 1 N–H and O–H groups in total. The largest absolute Gasteiger partial charge is 0.440 e. The van der Waals surface area contributed by atoms with Crippen molar-refractivity contribution in [2.75, 3.05) is 31.2 Å². The molecule has 4 rings (SSSR count). The number of aliphatic imine (C=N–C) groups is 1. The maximum absolute atomic E-state index is 12.4. The van der Waals surface area contributed by atoms with Gasteiger partial charge in [-0.3, -0.25) is 4.79 Å². The maximum atomic E-state index is 12.4. The monoisotopic (exact) mass is 461 g/mol. The van der Waals surface area contributed by atoms with Gasteiger partial charge in [0.05, 0.1) is 28.3 Å². The summed E-state index contributed by atoms with van der Waals surface area (Å²) in [6.45, 7) is 6.98. The highest BCUT2D eigenvalue weighted by atomic mass is 79.9. The molecule has 146 valence electrons. The Morgan fingerprint density at radius 3 is 2.79 bits per heavy atom. The van der Waals surface area contributed by atoms with Crippen molar-refractivity contribution in [3.05, 3.63) is 50.5 Å². The lowest BCUT2D eigenvalue weighted by molar-refractivity contribution is -0.115.